The molecule has 7 nitrogen and oxygen atoms in total. The van der Waals surface area contributed by atoms with E-state index in [0.717, 1.165) is 19.3 Å². The molecule has 0 aliphatic rings. The van der Waals surface area contributed by atoms with Crippen LogP contribution in [0.3, 0.4) is 0 Å². The van der Waals surface area contributed by atoms with Gasteiger partial charge in [-0.1, -0.05) is 96.8 Å². The molecule has 0 aromatic heterocycles. The van der Waals surface area contributed by atoms with E-state index in [1.165, 1.54) is 70.6 Å². The first-order valence-corrected chi connectivity index (χ1v) is 12.8. The summed E-state index contributed by atoms with van der Waals surface area (Å²) in [5, 5.41) is 11.0. The Balaban J connectivity index is -0.00000392. The number of hydrogen-bond donors (Lipinski definition) is 3. The summed E-state index contributed by atoms with van der Waals surface area (Å²) in [6, 6.07) is -1.62. The Morgan fingerprint density at radius 1 is 0.800 bits per heavy atom. The van der Waals surface area contributed by atoms with Crippen molar-refractivity contribution >= 4 is 22.0 Å². The molecule has 0 fully saturated rings. The van der Waals surface area contributed by atoms with Crippen LogP contribution < -0.4 is 24.2 Å². The minimum atomic E-state index is -4.46. The van der Waals surface area contributed by atoms with Crippen LogP contribution in [0.1, 0.15) is 111 Å². The van der Waals surface area contributed by atoms with Crippen LogP contribution in [0.4, 0.5) is 0 Å². The number of nitrogens with one attached hydrogen (secondary N) is 1. The molecule has 1 amide bonds. The van der Waals surface area contributed by atoms with Crippen LogP contribution in [0.15, 0.2) is 0 Å². The maximum atomic E-state index is 11.7. The summed E-state index contributed by atoms with van der Waals surface area (Å²) >= 11 is 0. The molecule has 0 heterocycles. The van der Waals surface area contributed by atoms with Crippen molar-refractivity contribution in [2.75, 3.05) is 5.75 Å². The van der Waals surface area contributed by atoms with Gasteiger partial charge in [0.05, 0.1) is 0 Å². The molecular formula is C21H42LiNO6S. The number of hydrogen-bond acceptors (Lipinski definition) is 4. The Morgan fingerprint density at radius 3 is 1.50 bits per heavy atom. The number of carboxylic acids is 1. The van der Waals surface area contributed by atoms with E-state index >= 15 is 0 Å². The number of amides is 1. The zero-order valence-corrected chi connectivity index (χ0v) is 19.9. The number of carboxylic acid groups (broad SMARTS) is 1. The van der Waals surface area contributed by atoms with Gasteiger partial charge in [-0.3, -0.25) is 9.35 Å². The van der Waals surface area contributed by atoms with Gasteiger partial charge in [0.25, 0.3) is 10.1 Å². The summed E-state index contributed by atoms with van der Waals surface area (Å²) in [6.07, 6.45) is 18.4. The van der Waals surface area contributed by atoms with Crippen molar-refractivity contribution in [1.29, 1.82) is 0 Å². The van der Waals surface area contributed by atoms with Gasteiger partial charge >= 0.3 is 24.8 Å². The summed E-state index contributed by atoms with van der Waals surface area (Å²) in [5.74, 6) is -3.00. The van der Waals surface area contributed by atoms with E-state index in [9.17, 15) is 18.0 Å². The summed E-state index contributed by atoms with van der Waals surface area (Å²) in [4.78, 5) is 22.7. The molecule has 30 heavy (non-hydrogen) atoms. The standard InChI is InChI=1S/C21H41NO6S.Li.H/c1-2-3-4-5-6-7-8-9-10-11-12-13-14-15-16-17-20(23)22-19(21(24)25)18-29(26,27)28;;/h19H,2-18H2,1H3,(H,22,23)(H,24,25)(H,26,27,28);;/q;+1;-1/t19-;;/m1../s1. The first-order chi connectivity index (χ1) is 13.8. The molecule has 174 valence electrons. The second-order valence-electron chi connectivity index (χ2n) is 7.91. The minimum absolute atomic E-state index is 0. The molecule has 0 radical (unpaired) electrons. The topological polar surface area (TPSA) is 121 Å². The number of carbonyl (C=O) groups excluding carboxylic acids is 1. The predicted molar refractivity (Wildman–Crippen MR) is 117 cm³/mol. The zero-order valence-electron chi connectivity index (χ0n) is 20.0. The van der Waals surface area contributed by atoms with E-state index in [2.05, 4.69) is 12.2 Å². The second-order valence-corrected chi connectivity index (χ2v) is 9.40. The molecule has 9 heteroatoms. The minimum Gasteiger partial charge on any atom is -1.00 e. The molecule has 0 bridgehead atoms. The van der Waals surface area contributed by atoms with Crippen molar-refractivity contribution in [1.82, 2.24) is 5.32 Å². The first-order valence-electron chi connectivity index (χ1n) is 11.2. The fourth-order valence-electron chi connectivity index (χ4n) is 3.31. The normalized spacial score (nSPS) is 12.2. The predicted octanol–water partition coefficient (Wildman–Crippen LogP) is 1.82. The van der Waals surface area contributed by atoms with Gasteiger partial charge < -0.3 is 11.8 Å². The Hall–Kier alpha value is -0.553. The fourth-order valence-corrected chi connectivity index (χ4v) is 3.96. The first kappa shape index (κ1) is 31.6. The van der Waals surface area contributed by atoms with Crippen molar-refractivity contribution in [2.24, 2.45) is 0 Å². The maximum absolute atomic E-state index is 11.7. The van der Waals surface area contributed by atoms with Crippen LogP contribution in [0, 0.1) is 0 Å². The van der Waals surface area contributed by atoms with Crippen molar-refractivity contribution in [3.05, 3.63) is 0 Å². The SMILES string of the molecule is CCCCCCCCCCCCCCCCCC(=O)N[C@H](CS(=O)(=O)O)C(=O)O.[H-].[Li+]. The van der Waals surface area contributed by atoms with Crippen LogP contribution in [-0.4, -0.2) is 41.7 Å². The van der Waals surface area contributed by atoms with Crippen molar-refractivity contribution in [2.45, 2.75) is 116 Å². The van der Waals surface area contributed by atoms with Gasteiger partial charge in [-0.25, -0.2) is 4.79 Å². The molecule has 0 spiro atoms. The van der Waals surface area contributed by atoms with Gasteiger partial charge in [-0.15, -0.1) is 0 Å². The zero-order chi connectivity index (χ0) is 22.0. The molecule has 0 aliphatic carbocycles. The maximum Gasteiger partial charge on any atom is 1.00 e. The summed E-state index contributed by atoms with van der Waals surface area (Å²) in [5.41, 5.74) is 0. The third-order valence-corrected chi connectivity index (χ3v) is 5.77. The molecule has 0 saturated carbocycles. The Kier molecular flexibility index (Phi) is 21.5. The van der Waals surface area contributed by atoms with Crippen LogP contribution in [0.5, 0.6) is 0 Å². The van der Waals surface area contributed by atoms with E-state index in [1.54, 1.807) is 0 Å². The van der Waals surface area contributed by atoms with Gasteiger partial charge in [-0.05, 0) is 6.42 Å². The summed E-state index contributed by atoms with van der Waals surface area (Å²) in [6.45, 7) is 2.24. The van der Waals surface area contributed by atoms with Crippen LogP contribution in [0.2, 0.25) is 0 Å². The number of carbonyl (C=O) groups is 2. The molecule has 1 atom stereocenters. The van der Waals surface area contributed by atoms with Crippen LogP contribution in [0.25, 0.3) is 0 Å². The molecule has 0 unspecified atom stereocenters. The quantitative estimate of drug-likeness (QED) is 0.150. The third kappa shape index (κ3) is 22.1. The third-order valence-electron chi connectivity index (χ3n) is 5.02. The summed E-state index contributed by atoms with van der Waals surface area (Å²) in [7, 11) is -4.46. The molecule has 0 rings (SSSR count). The van der Waals surface area contributed by atoms with Gasteiger partial charge in [0.2, 0.25) is 5.91 Å². The molecular weight excluding hydrogens is 401 g/mol. The van der Waals surface area contributed by atoms with E-state index in [0.29, 0.717) is 6.42 Å². The van der Waals surface area contributed by atoms with E-state index < -0.39 is 33.8 Å². The average Bonchev–Trinajstić information content (AvgIpc) is 2.63. The second kappa shape index (κ2) is 20.4. The van der Waals surface area contributed by atoms with E-state index in [4.69, 9.17) is 9.66 Å². The van der Waals surface area contributed by atoms with Gasteiger partial charge in [0, 0.05) is 6.42 Å². The largest absolute Gasteiger partial charge is 1.00 e. The van der Waals surface area contributed by atoms with Crippen LogP contribution in [-0.2, 0) is 19.7 Å². The van der Waals surface area contributed by atoms with Crippen molar-refractivity contribution in [3.8, 4) is 0 Å². The van der Waals surface area contributed by atoms with E-state index in [-0.39, 0.29) is 26.7 Å². The van der Waals surface area contributed by atoms with E-state index in [1.807, 2.05) is 0 Å². The monoisotopic (exact) mass is 443 g/mol. The Bertz CT molecular complexity index is 548. The molecule has 0 aliphatic heterocycles. The molecule has 3 N–H and O–H groups in total. The van der Waals surface area contributed by atoms with Gasteiger partial charge in [0.1, 0.15) is 11.8 Å². The van der Waals surface area contributed by atoms with Crippen molar-refractivity contribution < 1.29 is 48.0 Å². The van der Waals surface area contributed by atoms with Crippen molar-refractivity contribution in [3.63, 3.8) is 0 Å². The number of rotatable bonds is 20. The number of unbranched alkanes of at least 4 members (excludes halogenated alkanes) is 14. The fraction of sp³-hybridized carbons (Fsp3) is 0.905. The van der Waals surface area contributed by atoms with Crippen LogP contribution >= 0.6 is 0 Å². The Labute approximate surface area is 196 Å². The van der Waals surface area contributed by atoms with Gasteiger partial charge in [0.15, 0.2) is 0 Å². The smallest absolute Gasteiger partial charge is 1.00 e. The molecule has 0 aromatic rings. The molecule has 0 aromatic carbocycles. The molecule has 0 saturated heterocycles. The van der Waals surface area contributed by atoms with Gasteiger partial charge in [-0.2, -0.15) is 8.42 Å². The Morgan fingerprint density at radius 2 is 1.17 bits per heavy atom. The summed E-state index contributed by atoms with van der Waals surface area (Å²) < 4.78 is 30.3. The number of aliphatic carboxylic acids is 1. The average molecular weight is 444 g/mol.